The van der Waals surface area contributed by atoms with Gasteiger partial charge in [0.15, 0.2) is 0 Å². The predicted octanol–water partition coefficient (Wildman–Crippen LogP) is 3.88. The molecule has 0 aliphatic heterocycles. The Hall–Kier alpha value is -1.81. The maximum atomic E-state index is 13.7. The van der Waals surface area contributed by atoms with Crippen LogP contribution in [0.3, 0.4) is 0 Å². The van der Waals surface area contributed by atoms with Gasteiger partial charge in [0.1, 0.15) is 17.4 Å². The first-order valence-electron chi connectivity index (χ1n) is 5.11. The molecule has 0 saturated heterocycles. The average Bonchev–Trinajstić information content (AvgIpc) is 2.35. The van der Waals surface area contributed by atoms with E-state index >= 15 is 0 Å². The summed E-state index contributed by atoms with van der Waals surface area (Å²) in [5, 5.41) is 0.401. The van der Waals surface area contributed by atoms with E-state index in [1.807, 2.05) is 0 Å². The van der Waals surface area contributed by atoms with Crippen LogP contribution in [0.1, 0.15) is 0 Å². The first-order valence-corrected chi connectivity index (χ1v) is 5.49. The van der Waals surface area contributed by atoms with E-state index < -0.39 is 11.6 Å². The molecule has 0 atom stereocenters. The lowest BCUT2D eigenvalue weighted by Gasteiger charge is -2.08. The number of benzene rings is 2. The first-order chi connectivity index (χ1) is 8.52. The van der Waals surface area contributed by atoms with Gasteiger partial charge in [-0.15, -0.1) is 0 Å². The number of hydrogen-bond acceptors (Lipinski definition) is 2. The molecule has 0 amide bonds. The minimum atomic E-state index is -0.666. The van der Waals surface area contributed by atoms with Crippen molar-refractivity contribution in [1.82, 2.24) is 0 Å². The molecule has 0 aliphatic carbocycles. The van der Waals surface area contributed by atoms with Crippen LogP contribution in [0.5, 0.6) is 5.75 Å². The minimum Gasteiger partial charge on any atom is -0.495 e. The van der Waals surface area contributed by atoms with Gasteiger partial charge in [-0.2, -0.15) is 0 Å². The highest BCUT2D eigenvalue weighted by atomic mass is 35.5. The van der Waals surface area contributed by atoms with Crippen LogP contribution < -0.4 is 10.5 Å². The Kier molecular flexibility index (Phi) is 3.39. The summed E-state index contributed by atoms with van der Waals surface area (Å²) in [6.07, 6.45) is 0. The second-order valence-electron chi connectivity index (χ2n) is 3.70. The summed E-state index contributed by atoms with van der Waals surface area (Å²) in [6, 6.07) is 6.68. The Labute approximate surface area is 108 Å². The van der Waals surface area contributed by atoms with Crippen LogP contribution in [0.25, 0.3) is 11.1 Å². The second-order valence-corrected chi connectivity index (χ2v) is 4.11. The fourth-order valence-electron chi connectivity index (χ4n) is 1.61. The maximum absolute atomic E-state index is 13.7. The Morgan fingerprint density at radius 2 is 1.83 bits per heavy atom. The number of nitrogen functional groups attached to an aromatic ring is 1. The highest BCUT2D eigenvalue weighted by Crippen LogP contribution is 2.32. The van der Waals surface area contributed by atoms with Crippen molar-refractivity contribution in [1.29, 1.82) is 0 Å². The zero-order valence-corrected chi connectivity index (χ0v) is 10.3. The Balaban J connectivity index is 2.58. The molecule has 2 nitrogen and oxygen atoms in total. The summed E-state index contributed by atoms with van der Waals surface area (Å²) in [4.78, 5) is 0. The van der Waals surface area contributed by atoms with Crippen molar-refractivity contribution in [2.24, 2.45) is 0 Å². The van der Waals surface area contributed by atoms with E-state index in [9.17, 15) is 8.78 Å². The highest BCUT2D eigenvalue weighted by Gasteiger charge is 2.11. The van der Waals surface area contributed by atoms with Crippen molar-refractivity contribution in [3.05, 3.63) is 47.0 Å². The summed E-state index contributed by atoms with van der Waals surface area (Å²) >= 11 is 5.87. The molecular weight excluding hydrogens is 260 g/mol. The van der Waals surface area contributed by atoms with E-state index in [1.165, 1.54) is 13.2 Å². The van der Waals surface area contributed by atoms with Crippen LogP contribution in [-0.4, -0.2) is 7.11 Å². The SMILES string of the molecule is COc1cc(-c2cc(F)c(N)cc2F)ccc1Cl. The summed E-state index contributed by atoms with van der Waals surface area (Å²) < 4.78 is 32.1. The number of methoxy groups -OCH3 is 1. The van der Waals surface area contributed by atoms with Crippen molar-refractivity contribution in [2.45, 2.75) is 0 Å². The van der Waals surface area contributed by atoms with Gasteiger partial charge in [0.2, 0.25) is 0 Å². The fraction of sp³-hybridized carbons (Fsp3) is 0.0769. The molecule has 0 unspecified atom stereocenters. The Morgan fingerprint density at radius 1 is 1.11 bits per heavy atom. The van der Waals surface area contributed by atoms with Crippen molar-refractivity contribution in [3.63, 3.8) is 0 Å². The van der Waals surface area contributed by atoms with Crippen molar-refractivity contribution in [2.75, 3.05) is 12.8 Å². The van der Waals surface area contributed by atoms with Crippen LogP contribution in [0.4, 0.5) is 14.5 Å². The molecular formula is C13H10ClF2NO. The largest absolute Gasteiger partial charge is 0.495 e. The van der Waals surface area contributed by atoms with Crippen LogP contribution >= 0.6 is 11.6 Å². The number of ether oxygens (including phenoxy) is 1. The summed E-state index contributed by atoms with van der Waals surface area (Å²) in [5.41, 5.74) is 5.64. The third-order valence-corrected chi connectivity index (χ3v) is 2.86. The van der Waals surface area contributed by atoms with Gasteiger partial charge in [0.25, 0.3) is 0 Å². The lowest BCUT2D eigenvalue weighted by molar-refractivity contribution is 0.415. The van der Waals surface area contributed by atoms with Gasteiger partial charge in [-0.3, -0.25) is 0 Å². The van der Waals surface area contributed by atoms with E-state index in [2.05, 4.69) is 0 Å². The van der Waals surface area contributed by atoms with Gasteiger partial charge in [0.05, 0.1) is 17.8 Å². The smallest absolute Gasteiger partial charge is 0.146 e. The number of anilines is 1. The number of rotatable bonds is 2. The van der Waals surface area contributed by atoms with Crippen molar-refractivity contribution >= 4 is 17.3 Å². The molecule has 0 bridgehead atoms. The maximum Gasteiger partial charge on any atom is 0.146 e. The summed E-state index contributed by atoms with van der Waals surface area (Å²) in [7, 11) is 1.45. The van der Waals surface area contributed by atoms with Crippen LogP contribution in [0.2, 0.25) is 5.02 Å². The molecule has 0 saturated carbocycles. The number of nitrogens with two attached hydrogens (primary N) is 1. The van der Waals surface area contributed by atoms with E-state index in [0.29, 0.717) is 16.3 Å². The lowest BCUT2D eigenvalue weighted by Crippen LogP contribution is -1.95. The molecule has 2 aromatic rings. The van der Waals surface area contributed by atoms with Crippen LogP contribution in [0, 0.1) is 11.6 Å². The van der Waals surface area contributed by atoms with E-state index in [1.54, 1.807) is 12.1 Å². The highest BCUT2D eigenvalue weighted by molar-refractivity contribution is 6.32. The first kappa shape index (κ1) is 12.6. The molecule has 0 aromatic heterocycles. The predicted molar refractivity (Wildman–Crippen MR) is 67.8 cm³/mol. The second kappa shape index (κ2) is 4.82. The molecule has 5 heteroatoms. The average molecular weight is 270 g/mol. The van der Waals surface area contributed by atoms with Crippen molar-refractivity contribution in [3.8, 4) is 16.9 Å². The molecule has 0 fully saturated rings. The van der Waals surface area contributed by atoms with E-state index in [4.69, 9.17) is 22.1 Å². The third kappa shape index (κ3) is 2.24. The van der Waals surface area contributed by atoms with Gasteiger partial charge in [0, 0.05) is 11.6 Å². The topological polar surface area (TPSA) is 35.2 Å². The molecule has 0 aliphatic rings. The van der Waals surface area contributed by atoms with Crippen LogP contribution in [-0.2, 0) is 0 Å². The molecule has 2 N–H and O–H groups in total. The quantitative estimate of drug-likeness (QED) is 0.840. The van der Waals surface area contributed by atoms with E-state index in [0.717, 1.165) is 12.1 Å². The molecule has 0 spiro atoms. The Morgan fingerprint density at radius 3 is 2.50 bits per heavy atom. The van der Waals surface area contributed by atoms with Crippen molar-refractivity contribution < 1.29 is 13.5 Å². The van der Waals surface area contributed by atoms with Gasteiger partial charge in [-0.1, -0.05) is 17.7 Å². The molecule has 0 radical (unpaired) electrons. The molecule has 0 heterocycles. The Bertz CT molecular complexity index is 602. The van der Waals surface area contributed by atoms with Gasteiger partial charge >= 0.3 is 0 Å². The monoisotopic (exact) mass is 269 g/mol. The standard InChI is InChI=1S/C13H10ClF2NO/c1-18-13-4-7(2-3-9(13)14)8-5-11(16)12(17)6-10(8)15/h2-6H,17H2,1H3. The van der Waals surface area contributed by atoms with Gasteiger partial charge in [-0.05, 0) is 23.8 Å². The lowest BCUT2D eigenvalue weighted by atomic mass is 10.0. The molecule has 94 valence electrons. The number of halogens is 3. The zero-order valence-electron chi connectivity index (χ0n) is 9.51. The molecule has 2 rings (SSSR count). The van der Waals surface area contributed by atoms with Gasteiger partial charge in [-0.25, -0.2) is 8.78 Å². The molecule has 18 heavy (non-hydrogen) atoms. The minimum absolute atomic E-state index is 0.108. The third-order valence-electron chi connectivity index (χ3n) is 2.55. The van der Waals surface area contributed by atoms with Crippen LogP contribution in [0.15, 0.2) is 30.3 Å². The normalized spacial score (nSPS) is 10.4. The van der Waals surface area contributed by atoms with E-state index in [-0.39, 0.29) is 11.3 Å². The zero-order chi connectivity index (χ0) is 13.3. The number of hydrogen-bond donors (Lipinski definition) is 1. The molecule has 2 aromatic carbocycles. The summed E-state index contributed by atoms with van der Waals surface area (Å²) in [6.45, 7) is 0. The fourth-order valence-corrected chi connectivity index (χ4v) is 1.81. The summed E-state index contributed by atoms with van der Waals surface area (Å²) in [5.74, 6) is -0.871. The van der Waals surface area contributed by atoms with Gasteiger partial charge < -0.3 is 10.5 Å².